The van der Waals surface area contributed by atoms with E-state index in [2.05, 4.69) is 30.6 Å². The van der Waals surface area contributed by atoms with Crippen LogP contribution in [0.15, 0.2) is 12.7 Å². The van der Waals surface area contributed by atoms with Crippen molar-refractivity contribution in [2.24, 2.45) is 0 Å². The predicted octanol–water partition coefficient (Wildman–Crippen LogP) is 1.63. The molecule has 0 saturated heterocycles. The van der Waals surface area contributed by atoms with Crippen molar-refractivity contribution < 1.29 is 0 Å². The van der Waals surface area contributed by atoms with Gasteiger partial charge in [0.2, 0.25) is 0 Å². The van der Waals surface area contributed by atoms with E-state index >= 15 is 0 Å². The Hall–Kier alpha value is -0.340. The van der Waals surface area contributed by atoms with Crippen molar-refractivity contribution in [1.82, 2.24) is 10.2 Å². The molecule has 1 aliphatic rings. The zero-order valence-corrected chi connectivity index (χ0v) is 8.92. The van der Waals surface area contributed by atoms with Gasteiger partial charge in [0.15, 0.2) is 0 Å². The van der Waals surface area contributed by atoms with E-state index in [1.807, 2.05) is 6.08 Å². The van der Waals surface area contributed by atoms with Gasteiger partial charge >= 0.3 is 0 Å². The van der Waals surface area contributed by atoms with E-state index in [9.17, 15) is 0 Å². The smallest absolute Gasteiger partial charge is 0.0163 e. The minimum Gasteiger partial charge on any atom is -0.313 e. The Morgan fingerprint density at radius 1 is 1.54 bits per heavy atom. The van der Waals surface area contributed by atoms with Crippen molar-refractivity contribution in [3.8, 4) is 0 Å². The van der Waals surface area contributed by atoms with E-state index in [0.29, 0.717) is 6.04 Å². The van der Waals surface area contributed by atoms with Crippen molar-refractivity contribution in [2.45, 2.75) is 38.8 Å². The lowest BCUT2D eigenvalue weighted by atomic mass is 10.3. The first-order valence-electron chi connectivity index (χ1n) is 5.32. The van der Waals surface area contributed by atoms with E-state index in [1.54, 1.807) is 0 Å². The number of hydrogen-bond acceptors (Lipinski definition) is 2. The van der Waals surface area contributed by atoms with Gasteiger partial charge in [0, 0.05) is 31.7 Å². The first kappa shape index (κ1) is 10.7. The zero-order valence-electron chi connectivity index (χ0n) is 8.92. The maximum absolute atomic E-state index is 3.78. The molecule has 2 nitrogen and oxygen atoms in total. The summed E-state index contributed by atoms with van der Waals surface area (Å²) in [5.74, 6) is 0. The summed E-state index contributed by atoms with van der Waals surface area (Å²) in [6.07, 6.45) is 4.74. The Labute approximate surface area is 82.0 Å². The van der Waals surface area contributed by atoms with E-state index in [4.69, 9.17) is 0 Å². The summed E-state index contributed by atoms with van der Waals surface area (Å²) in [6, 6.07) is 1.46. The Kier molecular flexibility index (Phi) is 4.46. The molecule has 1 aliphatic carbocycles. The molecule has 0 aromatic rings. The summed E-state index contributed by atoms with van der Waals surface area (Å²) in [5.41, 5.74) is 0. The minimum absolute atomic E-state index is 0.624. The maximum atomic E-state index is 3.78. The molecule has 13 heavy (non-hydrogen) atoms. The molecule has 0 bridgehead atoms. The van der Waals surface area contributed by atoms with Gasteiger partial charge in [-0.3, -0.25) is 4.90 Å². The molecule has 0 heterocycles. The normalized spacial score (nSPS) is 16.9. The fourth-order valence-electron chi connectivity index (χ4n) is 1.43. The quantitative estimate of drug-likeness (QED) is 0.602. The van der Waals surface area contributed by atoms with Crippen LogP contribution in [0.3, 0.4) is 0 Å². The Morgan fingerprint density at radius 3 is 2.69 bits per heavy atom. The molecule has 1 N–H and O–H groups in total. The van der Waals surface area contributed by atoms with Crippen LogP contribution in [0.2, 0.25) is 0 Å². The van der Waals surface area contributed by atoms with Crippen LogP contribution in [0.5, 0.6) is 0 Å². The van der Waals surface area contributed by atoms with Crippen LogP contribution in [0, 0.1) is 0 Å². The Morgan fingerprint density at radius 2 is 2.23 bits per heavy atom. The molecule has 0 amide bonds. The van der Waals surface area contributed by atoms with Crippen molar-refractivity contribution in [1.29, 1.82) is 0 Å². The van der Waals surface area contributed by atoms with Gasteiger partial charge in [-0.1, -0.05) is 6.08 Å². The van der Waals surface area contributed by atoms with Crippen molar-refractivity contribution in [3.05, 3.63) is 12.7 Å². The van der Waals surface area contributed by atoms with Crippen LogP contribution in [0.25, 0.3) is 0 Å². The highest BCUT2D eigenvalue weighted by atomic mass is 15.2. The van der Waals surface area contributed by atoms with Crippen LogP contribution in [-0.2, 0) is 0 Å². The summed E-state index contributed by atoms with van der Waals surface area (Å²) in [6.45, 7) is 11.5. The molecule has 2 heteroatoms. The summed E-state index contributed by atoms with van der Waals surface area (Å²) < 4.78 is 0. The molecule has 0 aromatic carbocycles. The monoisotopic (exact) mass is 182 g/mol. The van der Waals surface area contributed by atoms with Gasteiger partial charge in [-0.2, -0.15) is 0 Å². The number of rotatable bonds is 7. The van der Waals surface area contributed by atoms with Gasteiger partial charge in [0.1, 0.15) is 0 Å². The predicted molar refractivity (Wildman–Crippen MR) is 57.9 cm³/mol. The molecule has 76 valence electrons. The first-order chi connectivity index (χ1) is 6.24. The van der Waals surface area contributed by atoms with Gasteiger partial charge in [0.05, 0.1) is 0 Å². The second-order valence-corrected chi connectivity index (χ2v) is 4.11. The highest BCUT2D eigenvalue weighted by molar-refractivity contribution is 4.82. The topological polar surface area (TPSA) is 15.3 Å². The SMILES string of the molecule is C=CCN(CCNC1CC1)C(C)C. The van der Waals surface area contributed by atoms with Crippen LogP contribution in [-0.4, -0.2) is 36.6 Å². The maximum Gasteiger partial charge on any atom is 0.0163 e. The van der Waals surface area contributed by atoms with Gasteiger partial charge in [-0.15, -0.1) is 6.58 Å². The fraction of sp³-hybridized carbons (Fsp3) is 0.818. The molecule has 0 aromatic heterocycles. The molecule has 0 radical (unpaired) electrons. The molecule has 0 aliphatic heterocycles. The third-order valence-corrected chi connectivity index (χ3v) is 2.50. The number of nitrogens with one attached hydrogen (secondary N) is 1. The standard InChI is InChI=1S/C11H22N2/c1-4-8-13(10(2)3)9-7-12-11-5-6-11/h4,10-12H,1,5-9H2,2-3H3. The first-order valence-corrected chi connectivity index (χ1v) is 5.32. The van der Waals surface area contributed by atoms with Gasteiger partial charge in [-0.25, -0.2) is 0 Å². The van der Waals surface area contributed by atoms with E-state index in [1.165, 1.54) is 12.8 Å². The largest absolute Gasteiger partial charge is 0.313 e. The van der Waals surface area contributed by atoms with E-state index < -0.39 is 0 Å². The zero-order chi connectivity index (χ0) is 9.68. The van der Waals surface area contributed by atoms with Crippen LogP contribution < -0.4 is 5.32 Å². The van der Waals surface area contributed by atoms with Gasteiger partial charge in [0.25, 0.3) is 0 Å². The average Bonchev–Trinajstić information content (AvgIpc) is 2.86. The van der Waals surface area contributed by atoms with Gasteiger partial charge in [-0.05, 0) is 26.7 Å². The van der Waals surface area contributed by atoms with Crippen molar-refractivity contribution in [3.63, 3.8) is 0 Å². The highest BCUT2D eigenvalue weighted by Gasteiger charge is 2.20. The lowest BCUT2D eigenvalue weighted by Gasteiger charge is -2.24. The van der Waals surface area contributed by atoms with Crippen LogP contribution in [0.4, 0.5) is 0 Å². The molecule has 0 unspecified atom stereocenters. The molecule has 1 rings (SSSR count). The summed E-state index contributed by atoms with van der Waals surface area (Å²) in [7, 11) is 0. The van der Waals surface area contributed by atoms with Gasteiger partial charge < -0.3 is 5.32 Å². The van der Waals surface area contributed by atoms with E-state index in [0.717, 1.165) is 25.7 Å². The second kappa shape index (κ2) is 5.40. The molecule has 1 fully saturated rings. The van der Waals surface area contributed by atoms with Crippen molar-refractivity contribution in [2.75, 3.05) is 19.6 Å². The average molecular weight is 182 g/mol. The highest BCUT2D eigenvalue weighted by Crippen LogP contribution is 2.18. The van der Waals surface area contributed by atoms with Crippen LogP contribution >= 0.6 is 0 Å². The molecular weight excluding hydrogens is 160 g/mol. The third-order valence-electron chi connectivity index (χ3n) is 2.50. The lowest BCUT2D eigenvalue weighted by Crippen LogP contribution is -2.37. The minimum atomic E-state index is 0.624. The van der Waals surface area contributed by atoms with E-state index in [-0.39, 0.29) is 0 Å². The Bertz CT molecular complexity index is 150. The molecule has 0 atom stereocenters. The summed E-state index contributed by atoms with van der Waals surface area (Å²) in [4.78, 5) is 2.43. The fourth-order valence-corrected chi connectivity index (χ4v) is 1.43. The summed E-state index contributed by atoms with van der Waals surface area (Å²) in [5, 5.41) is 3.52. The molecule has 1 saturated carbocycles. The Balaban J connectivity index is 2.08. The molecular formula is C11H22N2. The summed E-state index contributed by atoms with van der Waals surface area (Å²) >= 11 is 0. The number of hydrogen-bond donors (Lipinski definition) is 1. The number of nitrogens with zero attached hydrogens (tertiary/aromatic N) is 1. The second-order valence-electron chi connectivity index (χ2n) is 4.11. The van der Waals surface area contributed by atoms with Crippen LogP contribution in [0.1, 0.15) is 26.7 Å². The van der Waals surface area contributed by atoms with Crippen molar-refractivity contribution >= 4 is 0 Å². The molecule has 0 spiro atoms. The third kappa shape index (κ3) is 4.44. The lowest BCUT2D eigenvalue weighted by molar-refractivity contribution is 0.246.